The average molecular weight is 228 g/mol. The minimum atomic E-state index is 0.627. The number of aryl methyl sites for hydroxylation is 1. The molecule has 2 heteroatoms. The van der Waals surface area contributed by atoms with Gasteiger partial charge in [0.1, 0.15) is 0 Å². The molecule has 0 bridgehead atoms. The Morgan fingerprint density at radius 1 is 1.06 bits per heavy atom. The predicted molar refractivity (Wildman–Crippen MR) is 66.3 cm³/mol. The summed E-state index contributed by atoms with van der Waals surface area (Å²) in [4.78, 5) is 0. The van der Waals surface area contributed by atoms with Gasteiger partial charge in [0, 0.05) is 10.6 Å². The van der Waals surface area contributed by atoms with E-state index in [-0.39, 0.29) is 0 Å². The van der Waals surface area contributed by atoms with Crippen LogP contribution in [0.25, 0.3) is 11.1 Å². The molecule has 2 aromatic rings. The van der Waals surface area contributed by atoms with Gasteiger partial charge in [-0.15, -0.1) is 0 Å². The first kappa shape index (κ1) is 10.7. The van der Waals surface area contributed by atoms with Crippen LogP contribution in [0.4, 0.5) is 0 Å². The minimum Gasteiger partial charge on any atom is -0.192 e. The van der Waals surface area contributed by atoms with Gasteiger partial charge in [-0.1, -0.05) is 35.9 Å². The highest BCUT2D eigenvalue weighted by Gasteiger charge is 2.06. The molecule has 0 aromatic heterocycles. The average Bonchev–Trinajstić information content (AvgIpc) is 2.31. The van der Waals surface area contributed by atoms with Gasteiger partial charge >= 0.3 is 0 Å². The Morgan fingerprint density at radius 2 is 1.81 bits per heavy atom. The Balaban J connectivity index is 2.65. The maximum atomic E-state index is 8.88. The van der Waals surface area contributed by atoms with Gasteiger partial charge in [-0.2, -0.15) is 5.26 Å². The van der Waals surface area contributed by atoms with E-state index < -0.39 is 0 Å². The molecule has 0 spiro atoms. The summed E-state index contributed by atoms with van der Waals surface area (Å²) >= 11 is 6.15. The zero-order valence-corrected chi connectivity index (χ0v) is 9.62. The quantitative estimate of drug-likeness (QED) is 0.717. The summed E-state index contributed by atoms with van der Waals surface area (Å²) in [7, 11) is 0. The van der Waals surface area contributed by atoms with Crippen LogP contribution >= 0.6 is 11.6 Å². The zero-order chi connectivity index (χ0) is 11.5. The summed E-state index contributed by atoms with van der Waals surface area (Å²) in [5.41, 5.74) is 3.77. The number of hydrogen-bond donors (Lipinski definition) is 0. The van der Waals surface area contributed by atoms with Crippen LogP contribution in [0.3, 0.4) is 0 Å². The van der Waals surface area contributed by atoms with Crippen molar-refractivity contribution in [2.24, 2.45) is 0 Å². The molecule has 0 amide bonds. The first-order valence-corrected chi connectivity index (χ1v) is 5.36. The summed E-state index contributed by atoms with van der Waals surface area (Å²) in [6, 6.07) is 15.4. The summed E-state index contributed by atoms with van der Waals surface area (Å²) in [5.74, 6) is 0. The lowest BCUT2D eigenvalue weighted by molar-refractivity contribution is 1.44. The number of halogens is 1. The van der Waals surface area contributed by atoms with Crippen molar-refractivity contribution < 1.29 is 0 Å². The Hall–Kier alpha value is -1.78. The SMILES string of the molecule is Cc1ccccc1-c1cc(C#N)ccc1Cl. The van der Waals surface area contributed by atoms with Gasteiger partial charge in [0.2, 0.25) is 0 Å². The van der Waals surface area contributed by atoms with E-state index in [1.54, 1.807) is 12.1 Å². The van der Waals surface area contributed by atoms with Gasteiger partial charge in [-0.3, -0.25) is 0 Å². The van der Waals surface area contributed by atoms with Crippen LogP contribution in [0.2, 0.25) is 5.02 Å². The molecule has 0 heterocycles. The molecule has 0 fully saturated rings. The second kappa shape index (κ2) is 4.38. The molecule has 0 saturated carbocycles. The number of benzene rings is 2. The van der Waals surface area contributed by atoms with Crippen LogP contribution in [0.1, 0.15) is 11.1 Å². The Kier molecular flexibility index (Phi) is 2.94. The summed E-state index contributed by atoms with van der Waals surface area (Å²) in [5, 5.41) is 9.55. The van der Waals surface area contributed by atoms with Crippen molar-refractivity contribution in [3.8, 4) is 17.2 Å². The standard InChI is InChI=1S/C14H10ClN/c1-10-4-2-3-5-12(10)13-8-11(9-16)6-7-14(13)15/h2-8H,1H3. The summed E-state index contributed by atoms with van der Waals surface area (Å²) < 4.78 is 0. The van der Waals surface area contributed by atoms with Gasteiger partial charge in [0.25, 0.3) is 0 Å². The zero-order valence-electron chi connectivity index (χ0n) is 8.87. The maximum absolute atomic E-state index is 8.88. The number of hydrogen-bond acceptors (Lipinski definition) is 1. The van der Waals surface area contributed by atoms with Crippen molar-refractivity contribution >= 4 is 11.6 Å². The van der Waals surface area contributed by atoms with E-state index in [1.807, 2.05) is 37.3 Å². The normalized spacial score (nSPS) is 9.81. The van der Waals surface area contributed by atoms with Crippen LogP contribution in [0.5, 0.6) is 0 Å². The molecule has 0 aliphatic heterocycles. The van der Waals surface area contributed by atoms with Crippen LogP contribution < -0.4 is 0 Å². The number of rotatable bonds is 1. The molecule has 0 unspecified atom stereocenters. The third-order valence-electron chi connectivity index (χ3n) is 2.53. The highest BCUT2D eigenvalue weighted by molar-refractivity contribution is 6.33. The Bertz CT molecular complexity index is 567. The largest absolute Gasteiger partial charge is 0.192 e. The molecule has 2 rings (SSSR count). The molecule has 1 nitrogen and oxygen atoms in total. The third-order valence-corrected chi connectivity index (χ3v) is 2.86. The highest BCUT2D eigenvalue weighted by Crippen LogP contribution is 2.30. The van der Waals surface area contributed by atoms with Gasteiger partial charge < -0.3 is 0 Å². The van der Waals surface area contributed by atoms with E-state index in [0.29, 0.717) is 10.6 Å². The first-order valence-electron chi connectivity index (χ1n) is 4.98. The van der Waals surface area contributed by atoms with Crippen molar-refractivity contribution in [3.63, 3.8) is 0 Å². The fourth-order valence-corrected chi connectivity index (χ4v) is 1.90. The highest BCUT2D eigenvalue weighted by atomic mass is 35.5. The molecule has 2 aromatic carbocycles. The fraction of sp³-hybridized carbons (Fsp3) is 0.0714. The molecule has 78 valence electrons. The van der Waals surface area contributed by atoms with E-state index in [9.17, 15) is 0 Å². The van der Waals surface area contributed by atoms with E-state index in [1.165, 1.54) is 0 Å². The molecule has 16 heavy (non-hydrogen) atoms. The van der Waals surface area contributed by atoms with Crippen LogP contribution in [-0.4, -0.2) is 0 Å². The van der Waals surface area contributed by atoms with E-state index in [2.05, 4.69) is 6.07 Å². The topological polar surface area (TPSA) is 23.8 Å². The number of nitriles is 1. The van der Waals surface area contributed by atoms with Gasteiger partial charge in [0.05, 0.1) is 11.6 Å². The molecule has 0 saturated heterocycles. The second-order valence-corrected chi connectivity index (χ2v) is 4.03. The van der Waals surface area contributed by atoms with Gasteiger partial charge in [-0.25, -0.2) is 0 Å². The third kappa shape index (κ3) is 1.93. The molecular formula is C14H10ClN. The fourth-order valence-electron chi connectivity index (χ4n) is 1.68. The lowest BCUT2D eigenvalue weighted by Gasteiger charge is -2.08. The number of nitrogens with zero attached hydrogens (tertiary/aromatic N) is 1. The van der Waals surface area contributed by atoms with E-state index in [4.69, 9.17) is 16.9 Å². The predicted octanol–water partition coefficient (Wildman–Crippen LogP) is 4.19. The lowest BCUT2D eigenvalue weighted by atomic mass is 9.99. The minimum absolute atomic E-state index is 0.627. The molecular weight excluding hydrogens is 218 g/mol. The van der Waals surface area contributed by atoms with Crippen molar-refractivity contribution in [3.05, 3.63) is 58.6 Å². The molecule has 0 N–H and O–H groups in total. The summed E-state index contributed by atoms with van der Waals surface area (Å²) in [6.45, 7) is 2.03. The molecule has 0 aliphatic carbocycles. The van der Waals surface area contributed by atoms with Crippen LogP contribution in [0, 0.1) is 18.3 Å². The van der Waals surface area contributed by atoms with Crippen molar-refractivity contribution in [2.45, 2.75) is 6.92 Å². The van der Waals surface area contributed by atoms with Crippen molar-refractivity contribution in [1.82, 2.24) is 0 Å². The Morgan fingerprint density at radius 3 is 2.50 bits per heavy atom. The molecule has 0 aliphatic rings. The van der Waals surface area contributed by atoms with Crippen LogP contribution in [-0.2, 0) is 0 Å². The van der Waals surface area contributed by atoms with Gasteiger partial charge in [-0.05, 0) is 36.2 Å². The van der Waals surface area contributed by atoms with E-state index >= 15 is 0 Å². The monoisotopic (exact) mass is 227 g/mol. The molecule has 0 atom stereocenters. The van der Waals surface area contributed by atoms with E-state index in [0.717, 1.165) is 16.7 Å². The maximum Gasteiger partial charge on any atom is 0.0991 e. The lowest BCUT2D eigenvalue weighted by Crippen LogP contribution is -1.85. The first-order chi connectivity index (χ1) is 7.72. The second-order valence-electron chi connectivity index (χ2n) is 3.62. The van der Waals surface area contributed by atoms with Crippen molar-refractivity contribution in [1.29, 1.82) is 5.26 Å². The smallest absolute Gasteiger partial charge is 0.0991 e. The van der Waals surface area contributed by atoms with Crippen molar-refractivity contribution in [2.75, 3.05) is 0 Å². The molecule has 0 radical (unpaired) electrons. The Labute approximate surface area is 99.9 Å². The van der Waals surface area contributed by atoms with Crippen LogP contribution in [0.15, 0.2) is 42.5 Å². The van der Waals surface area contributed by atoms with Gasteiger partial charge in [0.15, 0.2) is 0 Å². The summed E-state index contributed by atoms with van der Waals surface area (Å²) in [6.07, 6.45) is 0.